The van der Waals surface area contributed by atoms with E-state index in [4.69, 9.17) is 4.74 Å². The molecular formula is C19H22N2O4S. The first-order valence-corrected chi connectivity index (χ1v) is 9.57. The summed E-state index contributed by atoms with van der Waals surface area (Å²) in [6.45, 7) is 1.23. The smallest absolute Gasteiger partial charge is 0.294 e. The molecule has 2 heterocycles. The molecule has 0 N–H and O–H groups in total. The summed E-state index contributed by atoms with van der Waals surface area (Å²) in [4.78, 5) is 40.4. The van der Waals surface area contributed by atoms with Crippen LogP contribution in [-0.2, 0) is 9.59 Å². The zero-order valence-electron chi connectivity index (χ0n) is 14.8. The van der Waals surface area contributed by atoms with Gasteiger partial charge in [0.2, 0.25) is 5.91 Å². The quantitative estimate of drug-likeness (QED) is 0.758. The maximum atomic E-state index is 12.6. The van der Waals surface area contributed by atoms with Gasteiger partial charge in [-0.2, -0.15) is 0 Å². The van der Waals surface area contributed by atoms with Crippen LogP contribution in [0, 0.1) is 0 Å². The Morgan fingerprint density at radius 1 is 1.12 bits per heavy atom. The molecule has 2 aliphatic rings. The largest absolute Gasteiger partial charge is 0.497 e. The van der Waals surface area contributed by atoms with E-state index >= 15 is 0 Å². The first kappa shape index (κ1) is 18.5. The average Bonchev–Trinajstić information content (AvgIpc) is 2.86. The predicted octanol–water partition coefficient (Wildman–Crippen LogP) is 3.13. The van der Waals surface area contributed by atoms with Crippen LogP contribution >= 0.6 is 11.8 Å². The molecule has 26 heavy (non-hydrogen) atoms. The molecule has 2 fully saturated rings. The summed E-state index contributed by atoms with van der Waals surface area (Å²) in [6, 6.07) is 7.21. The Hall–Kier alpha value is -2.28. The molecule has 0 saturated carbocycles. The summed E-state index contributed by atoms with van der Waals surface area (Å²) in [5.41, 5.74) is 0.801. The number of ether oxygens (including phenoxy) is 1. The molecule has 1 aromatic rings. The van der Waals surface area contributed by atoms with Gasteiger partial charge in [0.05, 0.1) is 12.0 Å². The van der Waals surface area contributed by atoms with Gasteiger partial charge in [0, 0.05) is 13.1 Å². The molecule has 1 aromatic carbocycles. The second kappa shape index (κ2) is 8.40. The predicted molar refractivity (Wildman–Crippen MR) is 101 cm³/mol. The number of amides is 3. The minimum atomic E-state index is -0.404. The van der Waals surface area contributed by atoms with Gasteiger partial charge in [0.1, 0.15) is 12.3 Å². The maximum absolute atomic E-state index is 12.6. The van der Waals surface area contributed by atoms with Crippen LogP contribution in [0.25, 0.3) is 6.08 Å². The monoisotopic (exact) mass is 374 g/mol. The van der Waals surface area contributed by atoms with Crippen molar-refractivity contribution in [3.63, 3.8) is 0 Å². The van der Waals surface area contributed by atoms with Crippen molar-refractivity contribution in [2.75, 3.05) is 26.7 Å². The molecule has 6 nitrogen and oxygen atoms in total. The number of carbonyl (C=O) groups excluding carboxylic acids is 3. The van der Waals surface area contributed by atoms with Crippen LogP contribution in [0.2, 0.25) is 0 Å². The lowest BCUT2D eigenvalue weighted by Crippen LogP contribution is -2.42. The van der Waals surface area contributed by atoms with Crippen LogP contribution in [0.1, 0.15) is 31.2 Å². The third-order valence-corrected chi connectivity index (χ3v) is 5.45. The fourth-order valence-electron chi connectivity index (χ4n) is 3.04. The van der Waals surface area contributed by atoms with Gasteiger partial charge in [-0.25, -0.2) is 0 Å². The number of methoxy groups -OCH3 is 1. The lowest BCUT2D eigenvalue weighted by atomic mass is 10.2. The zero-order chi connectivity index (χ0) is 18.5. The number of nitrogens with zero attached hydrogens (tertiary/aromatic N) is 2. The van der Waals surface area contributed by atoms with Crippen molar-refractivity contribution >= 4 is 34.9 Å². The van der Waals surface area contributed by atoms with Gasteiger partial charge in [-0.15, -0.1) is 0 Å². The van der Waals surface area contributed by atoms with Crippen LogP contribution in [0.5, 0.6) is 5.75 Å². The van der Waals surface area contributed by atoms with E-state index < -0.39 is 11.1 Å². The topological polar surface area (TPSA) is 66.9 Å². The number of likely N-dealkylation sites (tertiary alicyclic amines) is 1. The third-order valence-electron chi connectivity index (χ3n) is 4.54. The van der Waals surface area contributed by atoms with Gasteiger partial charge in [-0.1, -0.05) is 25.0 Å². The molecule has 0 aliphatic carbocycles. The molecule has 138 valence electrons. The second-order valence-corrected chi connectivity index (χ2v) is 7.33. The minimum absolute atomic E-state index is 0.153. The molecule has 2 saturated heterocycles. The van der Waals surface area contributed by atoms with Crippen LogP contribution in [-0.4, -0.2) is 53.6 Å². The lowest BCUT2D eigenvalue weighted by molar-refractivity contribution is -0.135. The normalized spacial score (nSPS) is 19.8. The van der Waals surface area contributed by atoms with E-state index in [0.717, 1.165) is 53.7 Å². The third kappa shape index (κ3) is 4.27. The Bertz CT molecular complexity index is 722. The van der Waals surface area contributed by atoms with Crippen molar-refractivity contribution in [3.05, 3.63) is 34.7 Å². The van der Waals surface area contributed by atoms with E-state index in [2.05, 4.69) is 0 Å². The molecule has 0 radical (unpaired) electrons. The van der Waals surface area contributed by atoms with Gasteiger partial charge >= 0.3 is 0 Å². The molecule has 0 bridgehead atoms. The van der Waals surface area contributed by atoms with Crippen molar-refractivity contribution in [1.82, 2.24) is 9.80 Å². The van der Waals surface area contributed by atoms with Gasteiger partial charge < -0.3 is 9.64 Å². The lowest BCUT2D eigenvalue weighted by Gasteiger charge is -2.22. The molecule has 0 atom stereocenters. The molecule has 0 spiro atoms. The van der Waals surface area contributed by atoms with Crippen LogP contribution in [0.3, 0.4) is 0 Å². The molecule has 7 heteroatoms. The van der Waals surface area contributed by atoms with Gasteiger partial charge in [-0.3, -0.25) is 19.3 Å². The number of imide groups is 1. The zero-order valence-corrected chi connectivity index (χ0v) is 15.6. The summed E-state index contributed by atoms with van der Waals surface area (Å²) in [7, 11) is 1.59. The number of thioether (sulfide) groups is 1. The number of rotatable bonds is 4. The molecule has 3 rings (SSSR count). The van der Waals surface area contributed by atoms with Crippen LogP contribution in [0.15, 0.2) is 29.2 Å². The summed E-state index contributed by atoms with van der Waals surface area (Å²) in [6.07, 6.45) is 5.86. The fourth-order valence-corrected chi connectivity index (χ4v) is 3.88. The molecule has 3 amide bonds. The second-order valence-electron chi connectivity index (χ2n) is 6.34. The number of benzene rings is 1. The van der Waals surface area contributed by atoms with Crippen LogP contribution < -0.4 is 4.74 Å². The van der Waals surface area contributed by atoms with Crippen molar-refractivity contribution in [3.8, 4) is 5.75 Å². The Kier molecular flexibility index (Phi) is 5.98. The Labute approximate surface area is 157 Å². The number of hydrogen-bond donors (Lipinski definition) is 0. The van der Waals surface area contributed by atoms with Gasteiger partial charge in [-0.05, 0) is 48.4 Å². The Morgan fingerprint density at radius 2 is 1.77 bits per heavy atom. The first-order chi connectivity index (χ1) is 12.6. The number of carbonyl (C=O) groups is 3. The Morgan fingerprint density at radius 3 is 2.38 bits per heavy atom. The van der Waals surface area contributed by atoms with E-state index in [1.54, 1.807) is 30.2 Å². The summed E-state index contributed by atoms with van der Waals surface area (Å²) in [5, 5.41) is -0.391. The van der Waals surface area contributed by atoms with Crippen molar-refractivity contribution in [2.45, 2.75) is 25.7 Å². The van der Waals surface area contributed by atoms with Crippen molar-refractivity contribution in [1.29, 1.82) is 0 Å². The number of hydrogen-bond acceptors (Lipinski definition) is 5. The summed E-state index contributed by atoms with van der Waals surface area (Å²) >= 11 is 0.876. The van der Waals surface area contributed by atoms with Gasteiger partial charge in [0.15, 0.2) is 0 Å². The van der Waals surface area contributed by atoms with Gasteiger partial charge in [0.25, 0.3) is 11.1 Å². The molecule has 2 aliphatic heterocycles. The van der Waals surface area contributed by atoms with Crippen molar-refractivity contribution < 1.29 is 19.1 Å². The highest BCUT2D eigenvalue weighted by Crippen LogP contribution is 2.32. The fraction of sp³-hybridized carbons (Fsp3) is 0.421. The minimum Gasteiger partial charge on any atom is -0.497 e. The standard InChI is InChI=1S/C19H22N2O4S/c1-25-15-8-6-14(7-9-15)12-16-18(23)21(19(24)26-16)13-17(22)20-10-4-2-3-5-11-20/h6-9,12H,2-5,10-11,13H2,1H3/b16-12-. The van der Waals surface area contributed by atoms with E-state index in [1.165, 1.54) is 0 Å². The SMILES string of the molecule is COc1ccc(/C=C2\SC(=O)N(CC(=O)N3CCCCCC3)C2=O)cc1. The van der Waals surface area contributed by atoms with E-state index in [1.807, 2.05) is 12.1 Å². The van der Waals surface area contributed by atoms with E-state index in [0.29, 0.717) is 18.0 Å². The molecule has 0 aromatic heterocycles. The highest BCUT2D eigenvalue weighted by Gasteiger charge is 2.37. The van der Waals surface area contributed by atoms with Crippen molar-refractivity contribution in [2.24, 2.45) is 0 Å². The maximum Gasteiger partial charge on any atom is 0.294 e. The molecule has 0 unspecified atom stereocenters. The highest BCUT2D eigenvalue weighted by atomic mass is 32.2. The summed E-state index contributed by atoms with van der Waals surface area (Å²) < 4.78 is 5.11. The Balaban J connectivity index is 1.67. The first-order valence-electron chi connectivity index (χ1n) is 8.75. The molecular weight excluding hydrogens is 352 g/mol. The van der Waals surface area contributed by atoms with Crippen LogP contribution in [0.4, 0.5) is 4.79 Å². The van der Waals surface area contributed by atoms with E-state index in [9.17, 15) is 14.4 Å². The van der Waals surface area contributed by atoms with E-state index in [-0.39, 0.29) is 12.5 Å². The average molecular weight is 374 g/mol. The summed E-state index contributed by atoms with van der Waals surface area (Å²) in [5.74, 6) is 0.164. The highest BCUT2D eigenvalue weighted by molar-refractivity contribution is 8.18.